The third-order valence-electron chi connectivity index (χ3n) is 11.2. The summed E-state index contributed by atoms with van der Waals surface area (Å²) in [5.41, 5.74) is 9.94. The fourth-order valence-corrected chi connectivity index (χ4v) is 9.14. The molecule has 2 aliphatic carbocycles. The number of rotatable bonds is 8. The van der Waals surface area contributed by atoms with Gasteiger partial charge in [-0.25, -0.2) is 0 Å². The predicted molar refractivity (Wildman–Crippen MR) is 209 cm³/mol. The van der Waals surface area contributed by atoms with Crippen LogP contribution in [0.2, 0.25) is 0 Å². The third-order valence-corrected chi connectivity index (χ3v) is 11.2. The first-order chi connectivity index (χ1) is 25.4. The van der Waals surface area contributed by atoms with Crippen LogP contribution < -0.4 is 4.74 Å². The largest absolute Gasteiger partial charge is 0.392 e. The van der Waals surface area contributed by atoms with Crippen LogP contribution in [0.1, 0.15) is 80.2 Å². The predicted octanol–water partition coefficient (Wildman–Crippen LogP) is 12.2. The summed E-state index contributed by atoms with van der Waals surface area (Å²) in [4.78, 5) is 0. The topological polar surface area (TPSA) is 66.0 Å². The summed E-state index contributed by atoms with van der Waals surface area (Å²) in [6.45, 7) is 8.83. The molecule has 4 heteroatoms. The Hall–Kier alpha value is -6.10. The van der Waals surface area contributed by atoms with Crippen molar-refractivity contribution in [2.24, 2.45) is 5.92 Å². The van der Waals surface area contributed by atoms with Crippen molar-refractivity contribution in [2.75, 3.05) is 0 Å². The van der Waals surface area contributed by atoms with E-state index in [2.05, 4.69) is 155 Å². The highest BCUT2D eigenvalue weighted by Gasteiger charge is 2.48. The number of hydrogen-bond acceptors (Lipinski definition) is 4. The van der Waals surface area contributed by atoms with Crippen LogP contribution in [0, 0.1) is 29.0 Å². The van der Waals surface area contributed by atoms with Crippen molar-refractivity contribution in [3.05, 3.63) is 172 Å². The molecule has 0 spiro atoms. The minimum Gasteiger partial charge on any atom is -0.392 e. The molecule has 2 aliphatic rings. The maximum atomic E-state index is 10.0. The van der Waals surface area contributed by atoms with Crippen molar-refractivity contribution >= 4 is 21.5 Å². The van der Waals surface area contributed by atoms with Gasteiger partial charge in [0.05, 0.1) is 5.41 Å². The lowest BCUT2D eigenvalue weighted by Gasteiger charge is -2.39. The van der Waals surface area contributed by atoms with Gasteiger partial charge in [0.15, 0.2) is 0 Å². The summed E-state index contributed by atoms with van der Waals surface area (Å²) >= 11 is 0. The Morgan fingerprint density at radius 1 is 0.635 bits per heavy atom. The first kappa shape index (κ1) is 33.1. The van der Waals surface area contributed by atoms with E-state index >= 15 is 0 Å². The minimum atomic E-state index is -0.631. The van der Waals surface area contributed by atoms with Gasteiger partial charge in [-0.1, -0.05) is 143 Å². The fourth-order valence-electron chi connectivity index (χ4n) is 9.14. The minimum absolute atomic E-state index is 0.0591. The van der Waals surface area contributed by atoms with Crippen LogP contribution in [0.3, 0.4) is 0 Å². The molecule has 6 aromatic rings. The molecule has 4 nitrogen and oxygen atoms in total. The highest BCUT2D eigenvalue weighted by Crippen LogP contribution is 2.59. The van der Waals surface area contributed by atoms with Crippen LogP contribution in [0.5, 0.6) is 5.75 Å². The Morgan fingerprint density at radius 3 is 1.79 bits per heavy atom. The normalized spacial score (nSPS) is 15.2. The van der Waals surface area contributed by atoms with E-state index < -0.39 is 5.41 Å². The standard InChI is InChI=1S/C48H40N2O2/c1-30(2)40-26-34(21-23-44(40)51-28-49)48(42-19-11-9-17-38(42)39-18-10-12-20-43(39)48)35-22-24-45(52-29-50)41(27-35)46(31(3)4)47-36-15-7-5-13-32(36)25-33-14-6-8-16-37(33)47/h5-21,23,25-27,30-31,46H,22,24H2,1-4H3. The van der Waals surface area contributed by atoms with Gasteiger partial charge in [0.25, 0.3) is 12.5 Å². The molecule has 1 atom stereocenters. The van der Waals surface area contributed by atoms with E-state index in [1.54, 1.807) is 0 Å². The van der Waals surface area contributed by atoms with E-state index in [-0.39, 0.29) is 17.8 Å². The van der Waals surface area contributed by atoms with E-state index in [9.17, 15) is 10.5 Å². The average Bonchev–Trinajstić information content (AvgIpc) is 3.46. The second kappa shape index (κ2) is 13.2. The van der Waals surface area contributed by atoms with E-state index in [0.717, 1.165) is 22.5 Å². The van der Waals surface area contributed by atoms with Gasteiger partial charge in [-0.2, -0.15) is 0 Å². The molecule has 0 amide bonds. The van der Waals surface area contributed by atoms with Gasteiger partial charge in [0, 0.05) is 12.3 Å². The Balaban J connectivity index is 1.46. The van der Waals surface area contributed by atoms with Crippen LogP contribution in [-0.4, -0.2) is 0 Å². The zero-order valence-electron chi connectivity index (χ0n) is 30.0. The van der Waals surface area contributed by atoms with Crippen molar-refractivity contribution in [2.45, 2.75) is 57.8 Å². The van der Waals surface area contributed by atoms with Crippen LogP contribution >= 0.6 is 0 Å². The molecule has 52 heavy (non-hydrogen) atoms. The molecule has 0 radical (unpaired) electrons. The van der Waals surface area contributed by atoms with Gasteiger partial charge < -0.3 is 9.47 Å². The van der Waals surface area contributed by atoms with Crippen LogP contribution in [0.15, 0.2) is 144 Å². The molecular weight excluding hydrogens is 637 g/mol. The first-order valence-electron chi connectivity index (χ1n) is 18.2. The van der Waals surface area contributed by atoms with E-state index in [1.165, 1.54) is 54.9 Å². The smallest absolute Gasteiger partial charge is 0.292 e. The monoisotopic (exact) mass is 676 g/mol. The summed E-state index contributed by atoms with van der Waals surface area (Å²) in [5, 5.41) is 24.4. The number of fused-ring (bicyclic) bond motifs is 5. The Kier molecular flexibility index (Phi) is 8.41. The van der Waals surface area contributed by atoms with E-state index in [0.29, 0.717) is 18.6 Å². The number of nitrogens with zero attached hydrogens (tertiary/aromatic N) is 2. The number of nitriles is 2. The molecule has 1 unspecified atom stereocenters. The van der Waals surface area contributed by atoms with Gasteiger partial charge in [0.1, 0.15) is 11.5 Å². The molecule has 6 aromatic carbocycles. The molecule has 254 valence electrons. The molecule has 0 N–H and O–H groups in total. The Bertz CT molecular complexity index is 2420. The maximum Gasteiger partial charge on any atom is 0.292 e. The number of benzene rings is 6. The van der Waals surface area contributed by atoms with Gasteiger partial charge in [-0.05, 0) is 102 Å². The molecule has 8 rings (SSSR count). The molecule has 0 saturated heterocycles. The van der Waals surface area contributed by atoms with Crippen molar-refractivity contribution in [1.29, 1.82) is 10.5 Å². The van der Waals surface area contributed by atoms with Crippen LogP contribution in [0.4, 0.5) is 0 Å². The van der Waals surface area contributed by atoms with Crippen molar-refractivity contribution in [3.63, 3.8) is 0 Å². The molecule has 0 aromatic heterocycles. The maximum absolute atomic E-state index is 10.0. The molecule has 0 aliphatic heterocycles. The third kappa shape index (κ3) is 5.10. The van der Waals surface area contributed by atoms with E-state index in [4.69, 9.17) is 9.47 Å². The molecule has 0 saturated carbocycles. The summed E-state index contributed by atoms with van der Waals surface area (Å²) in [5.74, 6) is 1.57. The van der Waals surface area contributed by atoms with Crippen LogP contribution in [-0.2, 0) is 10.2 Å². The zero-order valence-corrected chi connectivity index (χ0v) is 30.0. The molecular formula is C48H40N2O2. The lowest BCUT2D eigenvalue weighted by Crippen LogP contribution is -2.32. The number of hydrogen-bond donors (Lipinski definition) is 0. The Morgan fingerprint density at radius 2 is 1.21 bits per heavy atom. The second-order valence-electron chi connectivity index (χ2n) is 14.6. The quantitative estimate of drug-likeness (QED) is 0.119. The SMILES string of the molecule is CC(C)c1cc(C2(C3=CC(C(c4c5ccccc5cc5ccccc45)C(C)C)=C(OC#N)CC3)c3ccccc3-c3ccccc32)ccc1OC#N. The summed E-state index contributed by atoms with van der Waals surface area (Å²) in [6, 6.07) is 43.4. The van der Waals surface area contributed by atoms with Crippen molar-refractivity contribution < 1.29 is 9.47 Å². The van der Waals surface area contributed by atoms with Gasteiger partial charge >= 0.3 is 0 Å². The van der Waals surface area contributed by atoms with Gasteiger partial charge in [-0.3, -0.25) is 0 Å². The lowest BCUT2D eigenvalue weighted by atomic mass is 9.63. The van der Waals surface area contributed by atoms with E-state index in [1.807, 2.05) is 12.3 Å². The van der Waals surface area contributed by atoms with Crippen molar-refractivity contribution in [3.8, 4) is 29.4 Å². The number of allylic oxidation sites excluding steroid dienone is 4. The fraction of sp³-hybridized carbons (Fsp3) is 0.208. The summed E-state index contributed by atoms with van der Waals surface area (Å²) in [7, 11) is 0. The average molecular weight is 677 g/mol. The molecule has 0 heterocycles. The summed E-state index contributed by atoms with van der Waals surface area (Å²) in [6.07, 6.45) is 7.64. The highest BCUT2D eigenvalue weighted by atomic mass is 16.5. The van der Waals surface area contributed by atoms with Gasteiger partial charge in [0.2, 0.25) is 0 Å². The molecule has 0 bridgehead atoms. The first-order valence-corrected chi connectivity index (χ1v) is 18.2. The second-order valence-corrected chi connectivity index (χ2v) is 14.6. The molecule has 0 fully saturated rings. The van der Waals surface area contributed by atoms with Gasteiger partial charge in [-0.15, -0.1) is 10.5 Å². The van der Waals surface area contributed by atoms with Crippen molar-refractivity contribution in [1.82, 2.24) is 0 Å². The lowest BCUT2D eigenvalue weighted by molar-refractivity contribution is 0.338. The Labute approximate surface area is 305 Å². The summed E-state index contributed by atoms with van der Waals surface area (Å²) < 4.78 is 11.5. The highest BCUT2D eigenvalue weighted by molar-refractivity contribution is 6.03. The zero-order chi connectivity index (χ0) is 36.0. The van der Waals surface area contributed by atoms with Crippen LogP contribution in [0.25, 0.3) is 32.7 Å². The number of ether oxygens (including phenoxy) is 2.